The van der Waals surface area contributed by atoms with E-state index >= 15 is 0 Å². The van der Waals surface area contributed by atoms with Gasteiger partial charge in [0, 0.05) is 12.1 Å². The number of aliphatic hydroxyl groups is 1. The molecule has 2 atom stereocenters. The molecule has 0 rings (SSSR count). The molecule has 0 aromatic heterocycles. The van der Waals surface area contributed by atoms with Gasteiger partial charge in [-0.1, -0.05) is 13.8 Å². The highest BCUT2D eigenvalue weighted by Crippen LogP contribution is 2.23. The summed E-state index contributed by atoms with van der Waals surface area (Å²) in [4.78, 5) is 0. The summed E-state index contributed by atoms with van der Waals surface area (Å²) in [6, 6.07) is 0. The molecule has 2 unspecified atom stereocenters. The first-order chi connectivity index (χ1) is 8.81. The second-order valence-electron chi connectivity index (χ2n) is 4.88. The molecule has 0 saturated carbocycles. The lowest BCUT2D eigenvalue weighted by Crippen LogP contribution is -2.48. The fourth-order valence-corrected chi connectivity index (χ4v) is 1.79. The van der Waals surface area contributed by atoms with Crippen LogP contribution in [0.2, 0.25) is 0 Å². The van der Waals surface area contributed by atoms with Gasteiger partial charge >= 0.3 is 6.18 Å². The van der Waals surface area contributed by atoms with Gasteiger partial charge < -0.3 is 15.2 Å². The highest BCUT2D eigenvalue weighted by molar-refractivity contribution is 4.85. The van der Waals surface area contributed by atoms with E-state index in [0.717, 1.165) is 26.3 Å². The molecule has 0 aromatic carbocycles. The molecule has 0 heterocycles. The molecule has 0 aromatic rings. The molecule has 6 heteroatoms. The van der Waals surface area contributed by atoms with E-state index in [9.17, 15) is 18.3 Å². The van der Waals surface area contributed by atoms with Crippen LogP contribution in [0, 0.1) is 0 Å². The third kappa shape index (κ3) is 7.13. The minimum Gasteiger partial charge on any atom is -0.394 e. The van der Waals surface area contributed by atoms with Gasteiger partial charge in [-0.05, 0) is 39.2 Å². The van der Waals surface area contributed by atoms with Crippen LogP contribution in [0.15, 0.2) is 0 Å². The largest absolute Gasteiger partial charge is 0.414 e. The molecular formula is C13H26F3NO2. The molecule has 0 aliphatic heterocycles. The van der Waals surface area contributed by atoms with Gasteiger partial charge in [-0.2, -0.15) is 13.2 Å². The number of ether oxygens (including phenoxy) is 1. The SMILES string of the molecule is CCCNC(CC)(CO)CCCOC(C)C(F)(F)F. The van der Waals surface area contributed by atoms with Gasteiger partial charge in [-0.15, -0.1) is 0 Å². The lowest BCUT2D eigenvalue weighted by Gasteiger charge is -2.32. The Bertz CT molecular complexity index is 230. The normalized spacial score (nSPS) is 17.2. The zero-order valence-electron chi connectivity index (χ0n) is 12.0. The maximum Gasteiger partial charge on any atom is 0.414 e. The number of nitrogens with one attached hydrogen (secondary N) is 1. The molecule has 0 spiro atoms. The number of hydrogen-bond acceptors (Lipinski definition) is 3. The van der Waals surface area contributed by atoms with Crippen LogP contribution in [0.3, 0.4) is 0 Å². The Hall–Kier alpha value is -0.330. The predicted molar refractivity (Wildman–Crippen MR) is 69.1 cm³/mol. The zero-order chi connectivity index (χ0) is 14.9. The fourth-order valence-electron chi connectivity index (χ4n) is 1.79. The third-order valence-corrected chi connectivity index (χ3v) is 3.36. The summed E-state index contributed by atoms with van der Waals surface area (Å²) in [7, 11) is 0. The van der Waals surface area contributed by atoms with E-state index in [2.05, 4.69) is 5.32 Å². The lowest BCUT2D eigenvalue weighted by molar-refractivity contribution is -0.214. The average molecular weight is 285 g/mol. The molecule has 116 valence electrons. The van der Waals surface area contributed by atoms with E-state index in [-0.39, 0.29) is 13.2 Å². The van der Waals surface area contributed by atoms with Crippen molar-refractivity contribution in [1.82, 2.24) is 5.32 Å². The summed E-state index contributed by atoms with van der Waals surface area (Å²) in [6.45, 7) is 5.81. The summed E-state index contributed by atoms with van der Waals surface area (Å²) in [5.41, 5.74) is -0.402. The Morgan fingerprint density at radius 1 is 1.26 bits per heavy atom. The molecule has 2 N–H and O–H groups in total. The Morgan fingerprint density at radius 2 is 1.89 bits per heavy atom. The van der Waals surface area contributed by atoms with E-state index < -0.39 is 17.8 Å². The molecule has 0 fully saturated rings. The predicted octanol–water partition coefficient (Wildman–Crippen LogP) is 2.87. The Kier molecular flexibility index (Phi) is 8.61. The Balaban J connectivity index is 4.06. The van der Waals surface area contributed by atoms with Gasteiger partial charge in [-0.3, -0.25) is 0 Å². The smallest absolute Gasteiger partial charge is 0.394 e. The molecule has 19 heavy (non-hydrogen) atoms. The molecule has 0 aliphatic rings. The number of halogens is 3. The van der Waals surface area contributed by atoms with Crippen molar-refractivity contribution >= 4 is 0 Å². The molecule has 3 nitrogen and oxygen atoms in total. The number of hydrogen-bond donors (Lipinski definition) is 2. The van der Waals surface area contributed by atoms with Crippen LogP contribution in [0.4, 0.5) is 13.2 Å². The Labute approximate surface area is 113 Å². The first-order valence-corrected chi connectivity index (χ1v) is 6.85. The standard InChI is InChI=1S/C13H26F3NO2/c1-4-8-17-12(5-2,10-18)7-6-9-19-11(3)13(14,15)16/h11,17-18H,4-10H2,1-3H3. The minimum absolute atomic E-state index is 0.0156. The van der Waals surface area contributed by atoms with Crippen LogP contribution >= 0.6 is 0 Å². The maximum absolute atomic E-state index is 12.2. The molecule has 0 saturated heterocycles. The lowest BCUT2D eigenvalue weighted by atomic mass is 9.91. The summed E-state index contributed by atoms with van der Waals surface area (Å²) in [6.07, 6.45) is -3.27. The minimum atomic E-state index is -4.31. The van der Waals surface area contributed by atoms with E-state index in [0.29, 0.717) is 12.8 Å². The monoisotopic (exact) mass is 285 g/mol. The maximum atomic E-state index is 12.2. The van der Waals surface area contributed by atoms with Crippen LogP contribution in [-0.2, 0) is 4.74 Å². The van der Waals surface area contributed by atoms with E-state index in [1.165, 1.54) is 0 Å². The number of aliphatic hydroxyl groups excluding tert-OH is 1. The quantitative estimate of drug-likeness (QED) is 0.606. The van der Waals surface area contributed by atoms with Gasteiger partial charge in [0.2, 0.25) is 0 Å². The zero-order valence-corrected chi connectivity index (χ0v) is 12.0. The van der Waals surface area contributed by atoms with Gasteiger partial charge in [0.25, 0.3) is 0 Å². The van der Waals surface area contributed by atoms with Crippen molar-refractivity contribution in [2.24, 2.45) is 0 Å². The highest BCUT2D eigenvalue weighted by Gasteiger charge is 2.36. The van der Waals surface area contributed by atoms with Crippen molar-refractivity contribution in [2.45, 2.75) is 64.3 Å². The summed E-state index contributed by atoms with van der Waals surface area (Å²) in [5, 5.41) is 12.7. The van der Waals surface area contributed by atoms with Crippen molar-refractivity contribution in [2.75, 3.05) is 19.8 Å². The summed E-state index contributed by atoms with van der Waals surface area (Å²) in [5.74, 6) is 0. The van der Waals surface area contributed by atoms with Crippen molar-refractivity contribution in [3.05, 3.63) is 0 Å². The second kappa shape index (κ2) is 8.76. The number of rotatable bonds is 10. The van der Waals surface area contributed by atoms with Crippen LogP contribution in [0.1, 0.15) is 46.5 Å². The average Bonchev–Trinajstić information content (AvgIpc) is 2.37. The molecule has 0 aliphatic carbocycles. The molecular weight excluding hydrogens is 259 g/mol. The fraction of sp³-hybridized carbons (Fsp3) is 1.00. The van der Waals surface area contributed by atoms with Crippen molar-refractivity contribution in [1.29, 1.82) is 0 Å². The van der Waals surface area contributed by atoms with E-state index in [1.54, 1.807) is 0 Å². The third-order valence-electron chi connectivity index (χ3n) is 3.36. The van der Waals surface area contributed by atoms with Crippen LogP contribution in [0.25, 0.3) is 0 Å². The topological polar surface area (TPSA) is 41.5 Å². The molecule has 0 amide bonds. The van der Waals surface area contributed by atoms with Crippen molar-refractivity contribution in [3.8, 4) is 0 Å². The van der Waals surface area contributed by atoms with Gasteiger partial charge in [-0.25, -0.2) is 0 Å². The van der Waals surface area contributed by atoms with Gasteiger partial charge in [0.1, 0.15) is 0 Å². The van der Waals surface area contributed by atoms with E-state index in [4.69, 9.17) is 4.74 Å². The van der Waals surface area contributed by atoms with E-state index in [1.807, 2.05) is 13.8 Å². The Morgan fingerprint density at radius 3 is 2.32 bits per heavy atom. The first kappa shape index (κ1) is 18.7. The first-order valence-electron chi connectivity index (χ1n) is 6.85. The van der Waals surface area contributed by atoms with Gasteiger partial charge in [0.15, 0.2) is 6.10 Å². The highest BCUT2D eigenvalue weighted by atomic mass is 19.4. The summed E-state index contributed by atoms with van der Waals surface area (Å²) < 4.78 is 41.5. The van der Waals surface area contributed by atoms with Crippen LogP contribution in [0.5, 0.6) is 0 Å². The van der Waals surface area contributed by atoms with Crippen molar-refractivity contribution < 1.29 is 23.0 Å². The number of alkyl halides is 3. The molecule has 0 radical (unpaired) electrons. The summed E-state index contributed by atoms with van der Waals surface area (Å²) >= 11 is 0. The van der Waals surface area contributed by atoms with Crippen LogP contribution < -0.4 is 5.32 Å². The van der Waals surface area contributed by atoms with Crippen LogP contribution in [-0.4, -0.2) is 42.7 Å². The van der Waals surface area contributed by atoms with Crippen molar-refractivity contribution in [3.63, 3.8) is 0 Å². The second-order valence-corrected chi connectivity index (χ2v) is 4.88. The van der Waals surface area contributed by atoms with Gasteiger partial charge in [0.05, 0.1) is 6.61 Å². The molecule has 0 bridgehead atoms.